The van der Waals surface area contributed by atoms with Crippen LogP contribution in [0.3, 0.4) is 0 Å². The van der Waals surface area contributed by atoms with Crippen LogP contribution < -0.4 is 26.6 Å². The van der Waals surface area contributed by atoms with E-state index in [1.54, 1.807) is 0 Å². The van der Waals surface area contributed by atoms with Crippen LogP contribution in [0.4, 0.5) is 17.6 Å². The van der Waals surface area contributed by atoms with Crippen molar-refractivity contribution < 1.29 is 14.4 Å². The molecule has 4 rings (SSSR count). The van der Waals surface area contributed by atoms with Crippen LogP contribution in [0.5, 0.6) is 0 Å². The minimum atomic E-state index is -3.99. The maximum Gasteiger partial charge on any atom is 0.326 e. The van der Waals surface area contributed by atoms with E-state index in [0.717, 1.165) is 63.6 Å². The van der Waals surface area contributed by atoms with Gasteiger partial charge in [0.15, 0.2) is 0 Å². The molecule has 7 N–H and O–H groups in total. The average molecular weight is 581 g/mol. The molecular formula is C28H53N8O3P. The summed E-state index contributed by atoms with van der Waals surface area (Å²) in [6.45, 7) is 8.91. The van der Waals surface area contributed by atoms with Crippen LogP contribution >= 0.6 is 7.60 Å². The van der Waals surface area contributed by atoms with Crippen molar-refractivity contribution in [2.75, 3.05) is 74.5 Å². The summed E-state index contributed by atoms with van der Waals surface area (Å²) >= 11 is 0. The van der Waals surface area contributed by atoms with Gasteiger partial charge in [-0.2, -0.15) is 9.97 Å². The van der Waals surface area contributed by atoms with Gasteiger partial charge in [-0.1, -0.05) is 19.3 Å². The Bertz CT molecular complexity index is 936. The van der Waals surface area contributed by atoms with E-state index in [-0.39, 0.29) is 12.2 Å². The standard InChI is InChI=1S/C28H53N8O3P/c1-22-21-36(15-14-35(22)16-17-40(37,38)39)27-18-26(29)33-28(34-27)32-20-24-10-8-23(9-11-24)19-30-12-5-13-31-25-6-3-2-4-7-25/h18,22-25,30-31H,2-17,19-21H2,1H3,(H2,37,38,39)(H3,29,32,33,34)/t22-,23-,24-/m1/s1. The number of nitrogen functional groups attached to an aromatic ring is 1. The van der Waals surface area contributed by atoms with Crippen molar-refractivity contribution in [3.05, 3.63) is 6.07 Å². The molecule has 3 fully saturated rings. The van der Waals surface area contributed by atoms with E-state index in [0.29, 0.717) is 24.2 Å². The van der Waals surface area contributed by atoms with Gasteiger partial charge in [0.05, 0.1) is 6.16 Å². The van der Waals surface area contributed by atoms with Crippen LogP contribution in [-0.4, -0.2) is 95.3 Å². The predicted octanol–water partition coefficient (Wildman–Crippen LogP) is 2.87. The summed E-state index contributed by atoms with van der Waals surface area (Å²) in [6.07, 6.45) is 13.0. The summed E-state index contributed by atoms with van der Waals surface area (Å²) in [5, 5.41) is 10.9. The van der Waals surface area contributed by atoms with Gasteiger partial charge < -0.3 is 36.4 Å². The van der Waals surface area contributed by atoms with E-state index in [9.17, 15) is 14.4 Å². The fourth-order valence-electron chi connectivity index (χ4n) is 6.50. The molecule has 2 heterocycles. The largest absolute Gasteiger partial charge is 0.383 e. The number of aromatic nitrogens is 2. The molecule has 1 saturated heterocycles. The van der Waals surface area contributed by atoms with E-state index < -0.39 is 7.60 Å². The highest BCUT2D eigenvalue weighted by Gasteiger charge is 2.27. The molecule has 12 heteroatoms. The number of rotatable bonds is 14. The molecule has 0 radical (unpaired) electrons. The monoisotopic (exact) mass is 580 g/mol. The molecule has 1 aliphatic heterocycles. The first-order valence-corrected chi connectivity index (χ1v) is 17.4. The molecule has 0 amide bonds. The van der Waals surface area contributed by atoms with Crippen LogP contribution in [0.25, 0.3) is 0 Å². The number of hydrogen-bond donors (Lipinski definition) is 6. The van der Waals surface area contributed by atoms with E-state index >= 15 is 0 Å². The molecule has 228 valence electrons. The van der Waals surface area contributed by atoms with Gasteiger partial charge in [-0.25, -0.2) is 0 Å². The van der Waals surface area contributed by atoms with Gasteiger partial charge in [0.25, 0.3) is 0 Å². The van der Waals surface area contributed by atoms with E-state index in [4.69, 9.17) is 10.7 Å². The van der Waals surface area contributed by atoms with Crippen LogP contribution in [0, 0.1) is 11.8 Å². The Balaban J connectivity index is 1.11. The van der Waals surface area contributed by atoms with Crippen LogP contribution in [0.2, 0.25) is 0 Å². The van der Waals surface area contributed by atoms with E-state index in [1.807, 2.05) is 6.07 Å². The molecule has 40 heavy (non-hydrogen) atoms. The van der Waals surface area contributed by atoms with E-state index in [2.05, 4.69) is 37.7 Å². The first kappa shape index (κ1) is 31.4. The summed E-state index contributed by atoms with van der Waals surface area (Å²) < 4.78 is 11.3. The Labute approximate surface area is 240 Å². The summed E-state index contributed by atoms with van der Waals surface area (Å²) in [5.41, 5.74) is 6.14. The van der Waals surface area contributed by atoms with Crippen molar-refractivity contribution in [3.63, 3.8) is 0 Å². The summed E-state index contributed by atoms with van der Waals surface area (Å²) in [6, 6.07) is 2.74. The molecule has 11 nitrogen and oxygen atoms in total. The van der Waals surface area contributed by atoms with Crippen molar-refractivity contribution in [1.29, 1.82) is 0 Å². The second-order valence-electron chi connectivity index (χ2n) is 12.3. The average Bonchev–Trinajstić information content (AvgIpc) is 2.93. The van der Waals surface area contributed by atoms with Crippen molar-refractivity contribution >= 4 is 25.2 Å². The Kier molecular flexibility index (Phi) is 12.3. The molecule has 0 bridgehead atoms. The normalized spacial score (nSPS) is 25.3. The van der Waals surface area contributed by atoms with Crippen LogP contribution in [0.15, 0.2) is 6.07 Å². The second-order valence-corrected chi connectivity index (χ2v) is 14.1. The number of nitrogens with two attached hydrogens (primary N) is 1. The van der Waals surface area contributed by atoms with Crippen molar-refractivity contribution in [2.45, 2.75) is 83.2 Å². The molecule has 1 atom stereocenters. The predicted molar refractivity (Wildman–Crippen MR) is 163 cm³/mol. The third-order valence-electron chi connectivity index (χ3n) is 9.02. The zero-order valence-corrected chi connectivity index (χ0v) is 25.3. The third kappa shape index (κ3) is 10.7. The number of piperazine rings is 1. The lowest BCUT2D eigenvalue weighted by Gasteiger charge is -2.40. The van der Waals surface area contributed by atoms with Crippen LogP contribution in [-0.2, 0) is 4.57 Å². The maximum atomic E-state index is 11.3. The summed E-state index contributed by atoms with van der Waals surface area (Å²) in [7, 11) is -3.99. The minimum absolute atomic E-state index is 0.109. The van der Waals surface area contributed by atoms with Crippen molar-refractivity contribution in [3.8, 4) is 0 Å². The molecule has 1 aromatic rings. The maximum absolute atomic E-state index is 11.3. The van der Waals surface area contributed by atoms with Gasteiger partial charge in [-0.05, 0) is 83.3 Å². The Morgan fingerprint density at radius 2 is 1.73 bits per heavy atom. The number of anilines is 3. The summed E-state index contributed by atoms with van der Waals surface area (Å²) in [5.74, 6) is 3.24. The number of nitrogens with zero attached hydrogens (tertiary/aromatic N) is 4. The molecular weight excluding hydrogens is 527 g/mol. The van der Waals surface area contributed by atoms with Crippen molar-refractivity contribution in [1.82, 2.24) is 25.5 Å². The third-order valence-corrected chi connectivity index (χ3v) is 9.80. The first-order valence-electron chi connectivity index (χ1n) is 15.6. The Hall–Kier alpha value is -1.49. The fraction of sp³-hybridized carbons (Fsp3) is 0.857. The highest BCUT2D eigenvalue weighted by Crippen LogP contribution is 2.34. The SMILES string of the molecule is C[C@@H]1CN(c2cc(N)nc(NC[C@H]3CC[C@H](CNCCCNC4CCCCC4)CC3)n2)CCN1CCP(=O)(O)O. The first-order chi connectivity index (χ1) is 19.2. The zero-order chi connectivity index (χ0) is 28.4. The van der Waals surface area contributed by atoms with Gasteiger partial charge >= 0.3 is 7.60 Å². The summed E-state index contributed by atoms with van der Waals surface area (Å²) in [4.78, 5) is 31.9. The fourth-order valence-corrected chi connectivity index (χ4v) is 7.01. The quantitative estimate of drug-likeness (QED) is 0.142. The Morgan fingerprint density at radius 3 is 2.42 bits per heavy atom. The molecule has 1 aromatic heterocycles. The molecule has 3 aliphatic rings. The van der Waals surface area contributed by atoms with Crippen molar-refractivity contribution in [2.24, 2.45) is 11.8 Å². The van der Waals surface area contributed by atoms with Gasteiger partial charge in [0.2, 0.25) is 5.95 Å². The lowest BCUT2D eigenvalue weighted by molar-refractivity contribution is 0.196. The van der Waals surface area contributed by atoms with Crippen LogP contribution in [0.1, 0.15) is 71.1 Å². The Morgan fingerprint density at radius 1 is 1.00 bits per heavy atom. The lowest BCUT2D eigenvalue weighted by atomic mass is 9.82. The zero-order valence-electron chi connectivity index (χ0n) is 24.4. The highest BCUT2D eigenvalue weighted by molar-refractivity contribution is 7.51. The molecule has 0 unspecified atom stereocenters. The minimum Gasteiger partial charge on any atom is -0.383 e. The second kappa shape index (κ2) is 15.7. The van der Waals surface area contributed by atoms with Gasteiger partial charge in [-0.15, -0.1) is 0 Å². The van der Waals surface area contributed by atoms with E-state index in [1.165, 1.54) is 64.2 Å². The topological polar surface area (TPSA) is 152 Å². The van der Waals surface area contributed by atoms with Gasteiger partial charge in [-0.3, -0.25) is 9.46 Å². The number of hydrogen-bond acceptors (Lipinski definition) is 9. The molecule has 0 spiro atoms. The highest BCUT2D eigenvalue weighted by atomic mass is 31.2. The smallest absolute Gasteiger partial charge is 0.326 e. The molecule has 0 aromatic carbocycles. The molecule has 2 aliphatic carbocycles. The molecule has 2 saturated carbocycles. The van der Waals surface area contributed by atoms with Gasteiger partial charge in [0.1, 0.15) is 11.6 Å². The lowest BCUT2D eigenvalue weighted by Crippen LogP contribution is -2.52. The van der Waals surface area contributed by atoms with Gasteiger partial charge in [0, 0.05) is 50.9 Å². The number of nitrogens with one attached hydrogen (secondary N) is 3.